The SMILES string of the molecule is CCCCCCCCC(=O)Nc1ccc2c(c1)C1(CCC(=O)NCCOCCN(C)C(=O)C3C[C@H](N=[N+]=[N-])C[C@@H]3C(=O)COc3ccc4c(=O)oc(=O)n(C)c4c3)c3cc(NC(=O)CCCCCCCC)ccc3C2c2ccc(NC(=O)CCCCCCCNC(=O)OC(C)(C)C)cc21. The summed E-state index contributed by atoms with van der Waals surface area (Å²) >= 11 is 0. The molecule has 2 bridgehead atoms. The lowest BCUT2D eigenvalue weighted by Gasteiger charge is -2.51. The van der Waals surface area contributed by atoms with Gasteiger partial charge in [0.25, 0.3) is 0 Å². The molecule has 1 unspecified atom stereocenters. The molecule has 3 atom stereocenters. The van der Waals surface area contributed by atoms with E-state index < -0.39 is 53.0 Å². The summed E-state index contributed by atoms with van der Waals surface area (Å²) in [7, 11) is 3.04. The fourth-order valence-corrected chi connectivity index (χ4v) is 14.1. The van der Waals surface area contributed by atoms with Gasteiger partial charge < -0.3 is 50.1 Å². The molecule has 9 rings (SSSR count). The highest BCUT2D eigenvalue weighted by Crippen LogP contribution is 2.62. The maximum Gasteiger partial charge on any atom is 0.422 e. The molecule has 4 aromatic carbocycles. The summed E-state index contributed by atoms with van der Waals surface area (Å²) in [6, 6.07) is 22.0. The van der Waals surface area contributed by atoms with Crippen LogP contribution in [-0.2, 0) is 50.7 Å². The number of ketones is 1. The average Bonchev–Trinajstić information content (AvgIpc) is 0.870. The first-order valence-electron chi connectivity index (χ1n) is 35.9. The molecule has 4 aliphatic carbocycles. The summed E-state index contributed by atoms with van der Waals surface area (Å²) in [6.45, 7) is 10.4. The van der Waals surface area contributed by atoms with Gasteiger partial charge in [-0.15, -0.1) is 0 Å². The molecule has 5 aromatic rings. The van der Waals surface area contributed by atoms with Crippen LogP contribution in [0.2, 0.25) is 0 Å². The van der Waals surface area contributed by atoms with Gasteiger partial charge in [0.1, 0.15) is 18.0 Å². The van der Waals surface area contributed by atoms with Crippen LogP contribution >= 0.6 is 0 Å². The summed E-state index contributed by atoms with van der Waals surface area (Å²) in [5.41, 5.74) is 14.9. The van der Waals surface area contributed by atoms with E-state index in [1.807, 2.05) is 57.2 Å². The number of aromatic nitrogens is 1. The number of benzene rings is 4. The minimum Gasteiger partial charge on any atom is -0.486 e. The number of nitrogens with zero attached hydrogens (tertiary/aromatic N) is 5. The van der Waals surface area contributed by atoms with Crippen LogP contribution in [0.4, 0.5) is 21.9 Å². The number of ether oxygens (including phenoxy) is 3. The van der Waals surface area contributed by atoms with Crippen LogP contribution in [0.3, 0.4) is 0 Å². The number of azide groups is 1. The lowest BCUT2D eigenvalue weighted by atomic mass is 9.51. The highest BCUT2D eigenvalue weighted by Gasteiger charge is 2.52. The number of aryl methyl sites for hydroxylation is 1. The van der Waals surface area contributed by atoms with Crippen LogP contribution < -0.4 is 42.7 Å². The van der Waals surface area contributed by atoms with E-state index >= 15 is 0 Å². The molecule has 23 nitrogen and oxygen atoms in total. The zero-order valence-corrected chi connectivity index (χ0v) is 59.0. The van der Waals surface area contributed by atoms with Gasteiger partial charge in [0.2, 0.25) is 29.5 Å². The first-order chi connectivity index (χ1) is 47.6. The molecule has 1 saturated carbocycles. The van der Waals surface area contributed by atoms with Gasteiger partial charge in [0, 0.05) is 117 Å². The van der Waals surface area contributed by atoms with E-state index in [0.717, 1.165) is 128 Å². The zero-order chi connectivity index (χ0) is 71.1. The van der Waals surface area contributed by atoms with Gasteiger partial charge in [0.15, 0.2) is 5.78 Å². The Bertz CT molecular complexity index is 3750. The Labute approximate surface area is 580 Å². The minimum atomic E-state index is -1.02. The van der Waals surface area contributed by atoms with Crippen molar-refractivity contribution in [3.63, 3.8) is 0 Å². The van der Waals surface area contributed by atoms with E-state index in [1.165, 1.54) is 43.0 Å². The van der Waals surface area contributed by atoms with Crippen LogP contribution in [0.1, 0.15) is 228 Å². The fourth-order valence-electron chi connectivity index (χ4n) is 14.1. The normalized spacial score (nSPS) is 17.1. The second kappa shape index (κ2) is 36.8. The Kier molecular flexibility index (Phi) is 28.3. The molecule has 0 radical (unpaired) electrons. The fraction of sp³-hybridized carbons (Fsp3) is 0.566. The van der Waals surface area contributed by atoms with E-state index in [-0.39, 0.29) is 110 Å². The van der Waals surface area contributed by atoms with Gasteiger partial charge in [-0.3, -0.25) is 33.3 Å². The molecule has 5 N–H and O–H groups in total. The number of hydrogen-bond donors (Lipinski definition) is 5. The number of nitrogens with one attached hydrogen (secondary N) is 5. The first kappa shape index (κ1) is 75.9. The summed E-state index contributed by atoms with van der Waals surface area (Å²) in [6.07, 6.45) is 17.9. The van der Waals surface area contributed by atoms with Gasteiger partial charge in [-0.1, -0.05) is 121 Å². The van der Waals surface area contributed by atoms with E-state index in [2.05, 4.69) is 68.7 Å². The molecule has 1 heterocycles. The standard InChI is InChI=1S/C76H102N10O13/c1-8-10-12-14-17-21-25-67(89)80-50-28-32-55-61(45-50)76(37-36-66(88)78-39-41-96-42-40-85(6)71(92)60-44-53(83-84-77)43-59(60)65(87)49-97-54-31-35-58-64(48-54)86(7)74(95)98-72(58)93)62-46-51(81-68(90)26-22-18-15-13-11-9-2)29-33-56(62)70(55)57-34-30-52(47-63(57)76)82-69(91)27-23-19-16-20-24-38-79-73(94)99-75(3,4)5/h28-35,45-48,53,59-60,70H,8-27,36-44,49H2,1-7H3,(H,78,88)(H,79,94)(H,80,89)(H,81,90)(H,82,91)/t53-,59+,60?,70?,76?/m1/s1. The van der Waals surface area contributed by atoms with Gasteiger partial charge in [-0.25, -0.2) is 14.4 Å². The number of anilines is 3. The third-order valence-electron chi connectivity index (χ3n) is 19.2. The van der Waals surface area contributed by atoms with Crippen molar-refractivity contribution in [2.75, 3.05) is 62.5 Å². The topological polar surface area (TPSA) is 312 Å². The minimum absolute atomic E-state index is 0.0440. The van der Waals surface area contributed by atoms with Crippen LogP contribution in [0.15, 0.2) is 91.9 Å². The maximum absolute atomic E-state index is 14.4. The van der Waals surface area contributed by atoms with Gasteiger partial charge in [-0.2, -0.15) is 0 Å². The molecular formula is C76H102N10O13. The number of alkyl carbamates (subject to hydrolysis) is 1. The first-order valence-corrected chi connectivity index (χ1v) is 35.9. The van der Waals surface area contributed by atoms with E-state index in [4.69, 9.17) is 18.6 Å². The van der Waals surface area contributed by atoms with Crippen molar-refractivity contribution in [1.82, 2.24) is 20.1 Å². The van der Waals surface area contributed by atoms with Crippen molar-refractivity contribution in [1.29, 1.82) is 0 Å². The van der Waals surface area contributed by atoms with Gasteiger partial charge in [-0.05, 0) is 153 Å². The molecule has 99 heavy (non-hydrogen) atoms. The predicted octanol–water partition coefficient (Wildman–Crippen LogP) is 13.5. The number of likely N-dealkylation sites (N-methyl/N-ethyl adjacent to an activating group) is 1. The number of unbranched alkanes of at least 4 members (excludes halogenated alkanes) is 14. The summed E-state index contributed by atoms with van der Waals surface area (Å²) in [5.74, 6) is -3.76. The Morgan fingerprint density at radius 2 is 1.15 bits per heavy atom. The Hall–Kier alpha value is -8.82. The molecule has 1 fully saturated rings. The zero-order valence-electron chi connectivity index (χ0n) is 59.0. The number of carbonyl (C=O) groups excluding carboxylic acids is 7. The van der Waals surface area contributed by atoms with E-state index in [1.54, 1.807) is 7.05 Å². The summed E-state index contributed by atoms with van der Waals surface area (Å²) in [4.78, 5) is 124. The van der Waals surface area contributed by atoms with E-state index in [0.29, 0.717) is 49.3 Å². The van der Waals surface area contributed by atoms with E-state index in [9.17, 15) is 48.7 Å². The molecule has 0 aliphatic heterocycles. The second-order valence-electron chi connectivity index (χ2n) is 27.8. The van der Waals surface area contributed by atoms with Crippen LogP contribution in [0.25, 0.3) is 21.3 Å². The number of Topliss-reactive ketones (excluding diaryl/α,β-unsaturated/α-hetero) is 1. The predicted molar refractivity (Wildman–Crippen MR) is 382 cm³/mol. The Morgan fingerprint density at radius 3 is 1.68 bits per heavy atom. The van der Waals surface area contributed by atoms with Crippen molar-refractivity contribution in [3.05, 3.63) is 138 Å². The number of carbonyl (C=O) groups is 7. The molecule has 4 aliphatic rings. The maximum atomic E-state index is 14.4. The molecule has 1 aromatic heterocycles. The third-order valence-corrected chi connectivity index (χ3v) is 19.2. The quantitative estimate of drug-likeness (QED) is 0.0106. The van der Waals surface area contributed by atoms with Crippen LogP contribution in [0.5, 0.6) is 5.75 Å². The smallest absolute Gasteiger partial charge is 0.422 e. The number of amides is 6. The Balaban J connectivity index is 0.958. The Morgan fingerprint density at radius 1 is 0.636 bits per heavy atom. The van der Waals surface area contributed by atoms with Crippen LogP contribution in [-0.4, -0.2) is 109 Å². The van der Waals surface area contributed by atoms with Crippen molar-refractivity contribution in [3.8, 4) is 5.75 Å². The molecule has 6 amide bonds. The third kappa shape index (κ3) is 20.9. The van der Waals surface area contributed by atoms with Crippen molar-refractivity contribution < 1.29 is 52.2 Å². The summed E-state index contributed by atoms with van der Waals surface area (Å²) in [5, 5.41) is 19.5. The number of hydrogen-bond acceptors (Lipinski definition) is 14. The highest BCUT2D eigenvalue weighted by molar-refractivity contribution is 5.94. The lowest BCUT2D eigenvalue weighted by Crippen LogP contribution is -2.43. The lowest BCUT2D eigenvalue weighted by molar-refractivity contribution is -0.140. The van der Waals surface area contributed by atoms with Crippen molar-refractivity contribution in [2.45, 2.75) is 212 Å². The largest absolute Gasteiger partial charge is 0.486 e. The molecule has 0 spiro atoms. The molecular weight excluding hydrogens is 1260 g/mol. The molecule has 534 valence electrons. The molecule has 23 heteroatoms. The highest BCUT2D eigenvalue weighted by atomic mass is 16.6. The monoisotopic (exact) mass is 1360 g/mol. The van der Waals surface area contributed by atoms with Gasteiger partial charge >= 0.3 is 17.5 Å². The number of fused-ring (bicyclic) bond motifs is 1. The average molecular weight is 1360 g/mol. The van der Waals surface area contributed by atoms with Crippen molar-refractivity contribution in [2.24, 2.45) is 24.0 Å². The summed E-state index contributed by atoms with van der Waals surface area (Å²) < 4.78 is 23.0. The van der Waals surface area contributed by atoms with Gasteiger partial charge in [0.05, 0.1) is 24.1 Å². The second-order valence-corrected chi connectivity index (χ2v) is 27.8. The van der Waals surface area contributed by atoms with Crippen LogP contribution in [0, 0.1) is 11.8 Å². The molecule has 0 saturated heterocycles. The number of rotatable bonds is 40. The van der Waals surface area contributed by atoms with Crippen molar-refractivity contribution >= 4 is 69.4 Å².